The number of aliphatic carboxylic acids is 1. The fraction of sp³-hybridized carbons (Fsp3) is 0.545. The summed E-state index contributed by atoms with van der Waals surface area (Å²) >= 11 is 0. The largest absolute Gasteiger partial charge is 0.478 e. The molecule has 0 aromatic heterocycles. The number of rotatable bonds is 3. The first-order valence-corrected chi connectivity index (χ1v) is 4.88. The molecular formula is C11H15NO3. The third kappa shape index (κ3) is 3.74. The SMILES string of the molecule is C#CC1(O)CCCN(CC=CC(=O)O)C1. The van der Waals surface area contributed by atoms with Gasteiger partial charge in [0.2, 0.25) is 0 Å². The summed E-state index contributed by atoms with van der Waals surface area (Å²) in [5.74, 6) is 1.42. The van der Waals surface area contributed by atoms with Crippen molar-refractivity contribution in [2.75, 3.05) is 19.6 Å². The van der Waals surface area contributed by atoms with E-state index in [4.69, 9.17) is 11.5 Å². The molecule has 4 nitrogen and oxygen atoms in total. The van der Waals surface area contributed by atoms with Crippen LogP contribution in [0.4, 0.5) is 0 Å². The highest BCUT2D eigenvalue weighted by atomic mass is 16.4. The van der Waals surface area contributed by atoms with Crippen molar-refractivity contribution in [3.63, 3.8) is 0 Å². The normalized spacial score (nSPS) is 27.7. The van der Waals surface area contributed by atoms with Crippen molar-refractivity contribution in [1.82, 2.24) is 4.90 Å². The number of hydrogen-bond acceptors (Lipinski definition) is 3. The maximum Gasteiger partial charge on any atom is 0.328 e. The van der Waals surface area contributed by atoms with Gasteiger partial charge in [-0.15, -0.1) is 6.42 Å². The number of carboxylic acids is 1. The van der Waals surface area contributed by atoms with Gasteiger partial charge in [-0.2, -0.15) is 0 Å². The zero-order valence-corrected chi connectivity index (χ0v) is 8.52. The molecule has 1 heterocycles. The van der Waals surface area contributed by atoms with Crippen molar-refractivity contribution < 1.29 is 15.0 Å². The van der Waals surface area contributed by atoms with Crippen LogP contribution < -0.4 is 0 Å². The second-order valence-corrected chi connectivity index (χ2v) is 3.76. The molecule has 0 aliphatic carbocycles. The Morgan fingerprint density at radius 1 is 1.67 bits per heavy atom. The maximum absolute atomic E-state index is 10.2. The standard InChI is InChI=1S/C11H15NO3/c1-2-11(15)6-4-8-12(9-11)7-3-5-10(13)14/h1,3,5,15H,4,6-9H2,(H,13,14). The van der Waals surface area contributed by atoms with Crippen LogP contribution in [-0.4, -0.2) is 46.3 Å². The Morgan fingerprint density at radius 2 is 2.40 bits per heavy atom. The number of carboxylic acid groups (broad SMARTS) is 1. The van der Waals surface area contributed by atoms with Gasteiger partial charge in [-0.3, -0.25) is 4.90 Å². The third-order valence-corrected chi connectivity index (χ3v) is 2.44. The topological polar surface area (TPSA) is 60.8 Å². The van der Waals surface area contributed by atoms with Crippen LogP contribution in [0.1, 0.15) is 12.8 Å². The highest BCUT2D eigenvalue weighted by molar-refractivity contribution is 5.79. The summed E-state index contributed by atoms with van der Waals surface area (Å²) in [6.45, 7) is 1.76. The van der Waals surface area contributed by atoms with Crippen LogP contribution in [0.5, 0.6) is 0 Å². The van der Waals surface area contributed by atoms with E-state index in [-0.39, 0.29) is 0 Å². The molecule has 0 aromatic rings. The molecule has 0 aromatic carbocycles. The fourth-order valence-corrected chi connectivity index (χ4v) is 1.70. The molecule has 15 heavy (non-hydrogen) atoms. The van der Waals surface area contributed by atoms with E-state index in [2.05, 4.69) is 5.92 Å². The van der Waals surface area contributed by atoms with Crippen molar-refractivity contribution >= 4 is 5.97 Å². The molecule has 1 rings (SSSR count). The van der Waals surface area contributed by atoms with Gasteiger partial charge >= 0.3 is 5.97 Å². The van der Waals surface area contributed by atoms with Crippen molar-refractivity contribution in [3.8, 4) is 12.3 Å². The van der Waals surface area contributed by atoms with E-state index in [1.807, 2.05) is 4.90 Å². The quantitative estimate of drug-likeness (QED) is 0.511. The summed E-state index contributed by atoms with van der Waals surface area (Å²) in [5, 5.41) is 18.2. The Bertz CT molecular complexity index is 305. The number of piperidine rings is 1. The molecule has 0 radical (unpaired) electrons. The highest BCUT2D eigenvalue weighted by Gasteiger charge is 2.30. The number of hydrogen-bond donors (Lipinski definition) is 2. The number of nitrogens with zero attached hydrogens (tertiary/aromatic N) is 1. The van der Waals surface area contributed by atoms with Gasteiger partial charge in [0.25, 0.3) is 0 Å². The molecule has 1 unspecified atom stereocenters. The molecule has 4 heteroatoms. The van der Waals surface area contributed by atoms with Crippen molar-refractivity contribution in [2.45, 2.75) is 18.4 Å². The molecule has 0 spiro atoms. The lowest BCUT2D eigenvalue weighted by molar-refractivity contribution is -0.131. The molecule has 1 fully saturated rings. The average molecular weight is 209 g/mol. The minimum atomic E-state index is -1.05. The maximum atomic E-state index is 10.2. The van der Waals surface area contributed by atoms with Gasteiger partial charge in [0.05, 0.1) is 0 Å². The zero-order valence-electron chi connectivity index (χ0n) is 8.52. The minimum Gasteiger partial charge on any atom is -0.478 e. The second kappa shape index (κ2) is 4.96. The van der Waals surface area contributed by atoms with E-state index in [9.17, 15) is 9.90 Å². The summed E-state index contributed by atoms with van der Waals surface area (Å²) < 4.78 is 0. The number of terminal acetylenes is 1. The van der Waals surface area contributed by atoms with Gasteiger partial charge in [0, 0.05) is 19.2 Å². The summed E-state index contributed by atoms with van der Waals surface area (Å²) in [6.07, 6.45) is 9.35. The lowest BCUT2D eigenvalue weighted by Gasteiger charge is -2.35. The van der Waals surface area contributed by atoms with E-state index >= 15 is 0 Å². The van der Waals surface area contributed by atoms with E-state index in [1.54, 1.807) is 6.08 Å². The summed E-state index contributed by atoms with van der Waals surface area (Å²) in [4.78, 5) is 12.2. The Morgan fingerprint density at radius 3 is 3.00 bits per heavy atom. The molecule has 1 saturated heterocycles. The molecule has 1 atom stereocenters. The lowest BCUT2D eigenvalue weighted by atomic mass is 9.94. The van der Waals surface area contributed by atoms with Crippen LogP contribution in [0.15, 0.2) is 12.2 Å². The van der Waals surface area contributed by atoms with Gasteiger partial charge in [0.1, 0.15) is 5.60 Å². The third-order valence-electron chi connectivity index (χ3n) is 2.44. The van der Waals surface area contributed by atoms with Gasteiger partial charge in [-0.25, -0.2) is 4.79 Å². The molecule has 0 bridgehead atoms. The molecule has 82 valence electrons. The first-order chi connectivity index (χ1) is 7.06. The number of likely N-dealkylation sites (tertiary alicyclic amines) is 1. The minimum absolute atomic E-state index is 0.410. The zero-order chi connectivity index (χ0) is 11.3. The summed E-state index contributed by atoms with van der Waals surface area (Å²) in [5.41, 5.74) is -1.05. The van der Waals surface area contributed by atoms with Gasteiger partial charge in [-0.1, -0.05) is 12.0 Å². The first-order valence-electron chi connectivity index (χ1n) is 4.88. The van der Waals surface area contributed by atoms with E-state index in [1.165, 1.54) is 0 Å². The van der Waals surface area contributed by atoms with Gasteiger partial charge in [0.15, 0.2) is 0 Å². The Kier molecular flexibility index (Phi) is 3.89. The average Bonchev–Trinajstić information content (AvgIpc) is 2.17. The summed E-state index contributed by atoms with van der Waals surface area (Å²) in [6, 6.07) is 0. The predicted molar refractivity (Wildman–Crippen MR) is 56.2 cm³/mol. The van der Waals surface area contributed by atoms with Crippen molar-refractivity contribution in [2.24, 2.45) is 0 Å². The first kappa shape index (κ1) is 11.8. The molecule has 1 aliphatic rings. The predicted octanol–water partition coefficient (Wildman–Crippen LogP) is 0.0873. The van der Waals surface area contributed by atoms with Gasteiger partial charge in [-0.05, 0) is 19.4 Å². The number of carbonyl (C=O) groups is 1. The van der Waals surface area contributed by atoms with E-state index in [0.717, 1.165) is 19.0 Å². The highest BCUT2D eigenvalue weighted by Crippen LogP contribution is 2.19. The van der Waals surface area contributed by atoms with Crippen LogP contribution >= 0.6 is 0 Å². The van der Waals surface area contributed by atoms with Crippen LogP contribution in [0.2, 0.25) is 0 Å². The smallest absolute Gasteiger partial charge is 0.328 e. The molecule has 2 N–H and O–H groups in total. The van der Waals surface area contributed by atoms with Crippen LogP contribution in [0.25, 0.3) is 0 Å². The van der Waals surface area contributed by atoms with Crippen molar-refractivity contribution in [1.29, 1.82) is 0 Å². The Labute approximate surface area is 89.2 Å². The molecular weight excluding hydrogens is 194 g/mol. The second-order valence-electron chi connectivity index (χ2n) is 3.76. The van der Waals surface area contributed by atoms with E-state index in [0.29, 0.717) is 19.5 Å². The molecule has 1 aliphatic heterocycles. The van der Waals surface area contributed by atoms with Crippen molar-refractivity contribution in [3.05, 3.63) is 12.2 Å². The molecule has 0 saturated carbocycles. The number of aliphatic hydroxyl groups is 1. The Hall–Kier alpha value is -1.31. The van der Waals surface area contributed by atoms with E-state index < -0.39 is 11.6 Å². The van der Waals surface area contributed by atoms with Crippen LogP contribution in [0.3, 0.4) is 0 Å². The lowest BCUT2D eigenvalue weighted by Crippen LogP contribution is -2.47. The fourth-order valence-electron chi connectivity index (χ4n) is 1.70. The monoisotopic (exact) mass is 209 g/mol. The molecule has 0 amide bonds. The number of β-amino-alcohol motifs (C(OH)–C–C–N with tert-alkyl or cyclic N) is 1. The Balaban J connectivity index is 2.44. The van der Waals surface area contributed by atoms with Gasteiger partial charge < -0.3 is 10.2 Å². The van der Waals surface area contributed by atoms with Crippen LogP contribution in [0, 0.1) is 12.3 Å². The van der Waals surface area contributed by atoms with Crippen LogP contribution in [-0.2, 0) is 4.79 Å². The summed E-state index contributed by atoms with van der Waals surface area (Å²) in [7, 11) is 0.